The number of urea groups is 1. The number of hydrogen-bond acceptors (Lipinski definition) is 3. The molecule has 2 aromatic carbocycles. The second-order valence-corrected chi connectivity index (χ2v) is 5.70. The van der Waals surface area contributed by atoms with Gasteiger partial charge in [0.2, 0.25) is 0 Å². The Bertz CT molecular complexity index is 817. The summed E-state index contributed by atoms with van der Waals surface area (Å²) in [6.07, 6.45) is 3.12. The van der Waals surface area contributed by atoms with Crippen LogP contribution >= 0.6 is 11.6 Å². The van der Waals surface area contributed by atoms with Gasteiger partial charge in [-0.2, -0.15) is 5.10 Å². The molecule has 7 heteroatoms. The number of halogens is 1. The van der Waals surface area contributed by atoms with Crippen LogP contribution in [0.3, 0.4) is 0 Å². The zero-order valence-electron chi connectivity index (χ0n) is 13.0. The number of nitrogens with one attached hydrogen (secondary N) is 2. The minimum atomic E-state index is -0.287. The molecule has 0 radical (unpaired) electrons. The summed E-state index contributed by atoms with van der Waals surface area (Å²) in [5.74, 6) is 0. The first-order valence-electron chi connectivity index (χ1n) is 7.40. The number of carbonyl (C=O) groups excluding carboxylic acids is 1. The maximum atomic E-state index is 12.1. The molecule has 0 aliphatic carbocycles. The molecule has 0 saturated heterocycles. The molecule has 6 nitrogen and oxygen atoms in total. The molecule has 1 atom stereocenters. The van der Waals surface area contributed by atoms with Crippen molar-refractivity contribution in [1.82, 2.24) is 20.1 Å². The molecule has 0 saturated carbocycles. The van der Waals surface area contributed by atoms with E-state index < -0.39 is 0 Å². The summed E-state index contributed by atoms with van der Waals surface area (Å²) in [7, 11) is 0. The predicted octanol–water partition coefficient (Wildman–Crippen LogP) is 3.80. The molecule has 1 heterocycles. The quantitative estimate of drug-likeness (QED) is 0.758. The highest BCUT2D eigenvalue weighted by Crippen LogP contribution is 2.17. The summed E-state index contributed by atoms with van der Waals surface area (Å²) in [5.41, 5.74) is 2.54. The fraction of sp³-hybridized carbons (Fsp3) is 0.118. The average molecular weight is 342 g/mol. The van der Waals surface area contributed by atoms with Gasteiger partial charge in [0, 0.05) is 10.7 Å². The number of nitrogens with zero attached hydrogens (tertiary/aromatic N) is 3. The summed E-state index contributed by atoms with van der Waals surface area (Å²) < 4.78 is 1.67. The van der Waals surface area contributed by atoms with Crippen molar-refractivity contribution in [1.29, 1.82) is 0 Å². The third kappa shape index (κ3) is 3.91. The van der Waals surface area contributed by atoms with Gasteiger partial charge in [0.25, 0.3) is 0 Å². The lowest BCUT2D eigenvalue weighted by Gasteiger charge is -2.15. The topological polar surface area (TPSA) is 71.8 Å². The van der Waals surface area contributed by atoms with E-state index in [-0.39, 0.29) is 12.1 Å². The molecule has 3 rings (SSSR count). The van der Waals surface area contributed by atoms with E-state index in [2.05, 4.69) is 20.7 Å². The van der Waals surface area contributed by atoms with Crippen LogP contribution in [0.4, 0.5) is 10.5 Å². The van der Waals surface area contributed by atoms with Crippen molar-refractivity contribution < 1.29 is 4.79 Å². The first-order valence-corrected chi connectivity index (χ1v) is 7.77. The van der Waals surface area contributed by atoms with Gasteiger partial charge in [-0.25, -0.2) is 14.5 Å². The molecule has 0 fully saturated rings. The van der Waals surface area contributed by atoms with Gasteiger partial charge in [-0.1, -0.05) is 29.8 Å². The van der Waals surface area contributed by atoms with Gasteiger partial charge >= 0.3 is 6.03 Å². The second kappa shape index (κ2) is 7.14. The lowest BCUT2D eigenvalue weighted by atomic mass is 10.1. The molecule has 0 aliphatic rings. The van der Waals surface area contributed by atoms with Crippen molar-refractivity contribution in [2.75, 3.05) is 5.32 Å². The van der Waals surface area contributed by atoms with Crippen molar-refractivity contribution in [3.63, 3.8) is 0 Å². The zero-order valence-corrected chi connectivity index (χ0v) is 13.7. The SMILES string of the molecule is CC(NC(=O)Nc1cccc(Cl)c1)c1ccc(-n2cncn2)cc1. The minimum absolute atomic E-state index is 0.144. The van der Waals surface area contributed by atoms with E-state index >= 15 is 0 Å². The highest BCUT2D eigenvalue weighted by molar-refractivity contribution is 6.30. The third-order valence-electron chi connectivity index (χ3n) is 3.51. The van der Waals surface area contributed by atoms with Crippen molar-refractivity contribution in [3.8, 4) is 5.69 Å². The van der Waals surface area contributed by atoms with Crippen LogP contribution in [-0.4, -0.2) is 20.8 Å². The molecule has 2 amide bonds. The summed E-state index contributed by atoms with van der Waals surface area (Å²) in [6.45, 7) is 1.92. The monoisotopic (exact) mass is 341 g/mol. The van der Waals surface area contributed by atoms with E-state index in [0.717, 1.165) is 11.3 Å². The Kier molecular flexibility index (Phi) is 4.77. The Morgan fingerprint density at radius 3 is 2.67 bits per heavy atom. The molecule has 0 aliphatic heterocycles. The van der Waals surface area contributed by atoms with Crippen LogP contribution in [0.2, 0.25) is 5.02 Å². The maximum absolute atomic E-state index is 12.1. The summed E-state index contributed by atoms with van der Waals surface area (Å²) in [5, 5.41) is 10.3. The standard InChI is InChI=1S/C17H16ClN5O/c1-12(21-17(24)22-15-4-2-3-14(18)9-15)13-5-7-16(8-6-13)23-11-19-10-20-23/h2-12H,1H3,(H2,21,22,24). The van der Waals surface area contributed by atoms with E-state index in [1.807, 2.05) is 31.2 Å². The van der Waals surface area contributed by atoms with E-state index in [1.165, 1.54) is 6.33 Å². The van der Waals surface area contributed by atoms with Crippen molar-refractivity contribution in [2.24, 2.45) is 0 Å². The van der Waals surface area contributed by atoms with E-state index in [0.29, 0.717) is 10.7 Å². The molecular weight excluding hydrogens is 326 g/mol. The van der Waals surface area contributed by atoms with Crippen LogP contribution in [0.5, 0.6) is 0 Å². The Morgan fingerprint density at radius 2 is 2.00 bits per heavy atom. The van der Waals surface area contributed by atoms with Gasteiger partial charge in [-0.05, 0) is 42.8 Å². The lowest BCUT2D eigenvalue weighted by molar-refractivity contribution is 0.249. The minimum Gasteiger partial charge on any atom is -0.331 e. The maximum Gasteiger partial charge on any atom is 0.319 e. The molecule has 1 unspecified atom stereocenters. The number of amides is 2. The van der Waals surface area contributed by atoms with Crippen LogP contribution in [-0.2, 0) is 0 Å². The summed E-state index contributed by atoms with van der Waals surface area (Å²) in [4.78, 5) is 16.0. The molecule has 2 N–H and O–H groups in total. The van der Waals surface area contributed by atoms with Crippen LogP contribution < -0.4 is 10.6 Å². The highest BCUT2D eigenvalue weighted by Gasteiger charge is 2.10. The van der Waals surface area contributed by atoms with E-state index in [4.69, 9.17) is 11.6 Å². The number of rotatable bonds is 4. The van der Waals surface area contributed by atoms with Crippen molar-refractivity contribution in [3.05, 3.63) is 71.8 Å². The summed E-state index contributed by atoms with van der Waals surface area (Å²) >= 11 is 5.90. The number of aromatic nitrogens is 3. The van der Waals surface area contributed by atoms with Crippen LogP contribution in [0.1, 0.15) is 18.5 Å². The van der Waals surface area contributed by atoms with Gasteiger partial charge in [-0.3, -0.25) is 0 Å². The van der Waals surface area contributed by atoms with Gasteiger partial charge in [0.15, 0.2) is 0 Å². The van der Waals surface area contributed by atoms with Gasteiger partial charge < -0.3 is 10.6 Å². The van der Waals surface area contributed by atoms with Gasteiger partial charge in [0.1, 0.15) is 12.7 Å². The molecule has 3 aromatic rings. The van der Waals surface area contributed by atoms with Gasteiger partial charge in [-0.15, -0.1) is 0 Å². The Morgan fingerprint density at radius 1 is 1.21 bits per heavy atom. The molecule has 1 aromatic heterocycles. The van der Waals surface area contributed by atoms with Crippen LogP contribution in [0.25, 0.3) is 5.69 Å². The smallest absolute Gasteiger partial charge is 0.319 e. The first kappa shape index (κ1) is 16.0. The lowest BCUT2D eigenvalue weighted by Crippen LogP contribution is -2.31. The van der Waals surface area contributed by atoms with E-state index in [9.17, 15) is 4.79 Å². The predicted molar refractivity (Wildman–Crippen MR) is 93.4 cm³/mol. The fourth-order valence-corrected chi connectivity index (χ4v) is 2.46. The number of carbonyl (C=O) groups is 1. The number of hydrogen-bond donors (Lipinski definition) is 2. The highest BCUT2D eigenvalue weighted by atomic mass is 35.5. The van der Waals surface area contributed by atoms with E-state index in [1.54, 1.807) is 35.3 Å². The van der Waals surface area contributed by atoms with Gasteiger partial charge in [0.05, 0.1) is 11.7 Å². The Balaban J connectivity index is 1.62. The number of benzene rings is 2. The van der Waals surface area contributed by atoms with Crippen molar-refractivity contribution >= 4 is 23.3 Å². The third-order valence-corrected chi connectivity index (χ3v) is 3.74. The summed E-state index contributed by atoms with van der Waals surface area (Å²) in [6, 6.07) is 14.3. The molecule has 122 valence electrons. The normalized spacial score (nSPS) is 11.8. The molecule has 0 spiro atoms. The molecular formula is C17H16ClN5O. The molecule has 0 bridgehead atoms. The molecule has 24 heavy (non-hydrogen) atoms. The number of anilines is 1. The van der Waals surface area contributed by atoms with Crippen LogP contribution in [0, 0.1) is 0 Å². The van der Waals surface area contributed by atoms with Crippen molar-refractivity contribution in [2.45, 2.75) is 13.0 Å². The van der Waals surface area contributed by atoms with Crippen LogP contribution in [0.15, 0.2) is 61.2 Å². The fourth-order valence-electron chi connectivity index (χ4n) is 2.27. The first-order chi connectivity index (χ1) is 11.6. The Hall–Kier alpha value is -2.86. The largest absolute Gasteiger partial charge is 0.331 e. The Labute approximate surface area is 144 Å². The average Bonchev–Trinajstić information content (AvgIpc) is 3.09. The zero-order chi connectivity index (χ0) is 16.9. The second-order valence-electron chi connectivity index (χ2n) is 5.26.